The van der Waals surface area contributed by atoms with E-state index in [1.54, 1.807) is 30.3 Å². The van der Waals surface area contributed by atoms with Crippen LogP contribution in [0.25, 0.3) is 11.3 Å². The van der Waals surface area contributed by atoms with Gasteiger partial charge in [0, 0.05) is 24.7 Å². The van der Waals surface area contributed by atoms with Crippen LogP contribution in [-0.2, 0) is 22.7 Å². The van der Waals surface area contributed by atoms with Crippen LogP contribution in [0.2, 0.25) is 5.02 Å². The van der Waals surface area contributed by atoms with E-state index in [2.05, 4.69) is 20.6 Å². The number of hydrogen-bond donors (Lipinski definition) is 3. The molecule has 166 valence electrons. The van der Waals surface area contributed by atoms with Gasteiger partial charge in [0.2, 0.25) is 12.3 Å². The largest absolute Gasteiger partial charge is 0.388 e. The Bertz CT molecular complexity index is 1150. The van der Waals surface area contributed by atoms with Gasteiger partial charge >= 0.3 is 0 Å². The summed E-state index contributed by atoms with van der Waals surface area (Å²) in [6.07, 6.45) is 0.479. The van der Waals surface area contributed by atoms with Crippen LogP contribution in [0, 0.1) is 0 Å². The molecule has 3 aromatic rings. The van der Waals surface area contributed by atoms with Crippen LogP contribution < -0.4 is 15.5 Å². The minimum Gasteiger partial charge on any atom is -0.388 e. The molecule has 0 atom stereocenters. The molecule has 0 aliphatic rings. The van der Waals surface area contributed by atoms with Gasteiger partial charge in [0.1, 0.15) is 24.8 Å². The normalized spacial score (nSPS) is 10.5. The number of hydrogen-bond acceptors (Lipinski definition) is 6. The number of pyridine rings is 1. The first kappa shape index (κ1) is 22.9. The molecule has 2 aromatic heterocycles. The third-order valence-electron chi connectivity index (χ3n) is 4.56. The van der Waals surface area contributed by atoms with Gasteiger partial charge in [-0.05, 0) is 24.3 Å². The molecule has 10 nitrogen and oxygen atoms in total. The Morgan fingerprint density at radius 1 is 1.19 bits per heavy atom. The van der Waals surface area contributed by atoms with Crippen LogP contribution in [0.3, 0.4) is 0 Å². The summed E-state index contributed by atoms with van der Waals surface area (Å²) in [7, 11) is 2.83. The van der Waals surface area contributed by atoms with Gasteiger partial charge in [0.05, 0.1) is 5.69 Å². The van der Waals surface area contributed by atoms with Crippen molar-refractivity contribution in [2.75, 3.05) is 24.3 Å². The van der Waals surface area contributed by atoms with Gasteiger partial charge in [-0.3, -0.25) is 14.4 Å². The Hall–Kier alpha value is -3.76. The quantitative estimate of drug-likeness (QED) is 0.442. The van der Waals surface area contributed by atoms with E-state index in [1.165, 1.54) is 18.7 Å². The van der Waals surface area contributed by atoms with Gasteiger partial charge in [0.25, 0.3) is 5.91 Å². The lowest BCUT2D eigenvalue weighted by Gasteiger charge is -2.13. The number of anilines is 2. The number of benzene rings is 1. The second-order valence-corrected chi connectivity index (χ2v) is 7.14. The van der Waals surface area contributed by atoms with Crippen LogP contribution in [0.4, 0.5) is 11.6 Å². The van der Waals surface area contributed by atoms with Crippen molar-refractivity contribution in [1.82, 2.24) is 19.9 Å². The summed E-state index contributed by atoms with van der Waals surface area (Å²) in [6, 6.07) is 12.3. The van der Waals surface area contributed by atoms with Crippen molar-refractivity contribution < 1.29 is 19.5 Å². The van der Waals surface area contributed by atoms with E-state index < -0.39 is 18.4 Å². The lowest BCUT2D eigenvalue weighted by atomic mass is 10.1. The van der Waals surface area contributed by atoms with Crippen molar-refractivity contribution in [2.24, 2.45) is 0 Å². The SMILES string of the molecule is CNC(=O)c1c(N(C)C=O)nc(CO)n1CC(=O)Nc1cccc(-c2ccc(Cl)cc2)n1. The number of halogens is 1. The van der Waals surface area contributed by atoms with Gasteiger partial charge in [0.15, 0.2) is 11.5 Å². The second-order valence-electron chi connectivity index (χ2n) is 6.70. The number of amides is 3. The van der Waals surface area contributed by atoms with Crippen molar-refractivity contribution in [2.45, 2.75) is 13.2 Å². The molecule has 0 fully saturated rings. The molecule has 3 rings (SSSR count). The Kier molecular flexibility index (Phi) is 7.18. The molecule has 0 saturated heterocycles. The maximum absolute atomic E-state index is 12.7. The zero-order valence-electron chi connectivity index (χ0n) is 17.4. The van der Waals surface area contributed by atoms with Crippen LogP contribution >= 0.6 is 11.6 Å². The summed E-state index contributed by atoms with van der Waals surface area (Å²) in [4.78, 5) is 46.0. The minimum absolute atomic E-state index is 0.0239. The highest BCUT2D eigenvalue weighted by Crippen LogP contribution is 2.22. The molecule has 32 heavy (non-hydrogen) atoms. The summed E-state index contributed by atoms with van der Waals surface area (Å²) >= 11 is 5.92. The maximum atomic E-state index is 12.7. The fourth-order valence-corrected chi connectivity index (χ4v) is 3.15. The lowest BCUT2D eigenvalue weighted by molar-refractivity contribution is -0.116. The van der Waals surface area contributed by atoms with Crippen molar-refractivity contribution in [3.05, 3.63) is 59.0 Å². The van der Waals surface area contributed by atoms with E-state index >= 15 is 0 Å². The predicted octanol–water partition coefficient (Wildman–Crippen LogP) is 1.68. The number of rotatable bonds is 8. The fraction of sp³-hybridized carbons (Fsp3) is 0.190. The summed E-state index contributed by atoms with van der Waals surface area (Å²) in [6.45, 7) is -0.862. The summed E-state index contributed by atoms with van der Waals surface area (Å²) in [5.41, 5.74) is 1.44. The molecule has 0 bridgehead atoms. The number of carbonyl (C=O) groups is 3. The van der Waals surface area contributed by atoms with Gasteiger partial charge in [-0.25, -0.2) is 9.97 Å². The molecule has 0 saturated carbocycles. The van der Waals surface area contributed by atoms with Gasteiger partial charge < -0.3 is 25.2 Å². The number of carbonyl (C=O) groups excluding carboxylic acids is 3. The molecule has 3 amide bonds. The molecule has 0 unspecified atom stereocenters. The standard InChI is InChI=1S/C21H21ClN6O4/c1-23-21(32)19-20(27(2)12-30)26-17(11-29)28(19)10-18(31)25-16-5-3-4-15(24-16)13-6-8-14(22)9-7-13/h3-9,12,29H,10-11H2,1-2H3,(H,23,32)(H,24,25,31). The zero-order valence-corrected chi connectivity index (χ0v) is 18.1. The Balaban J connectivity index is 1.87. The average Bonchev–Trinajstić information content (AvgIpc) is 3.16. The molecule has 0 aliphatic carbocycles. The number of nitrogens with one attached hydrogen (secondary N) is 2. The highest BCUT2D eigenvalue weighted by molar-refractivity contribution is 6.30. The number of aliphatic hydroxyl groups is 1. The molecule has 0 aliphatic heterocycles. The van der Waals surface area contributed by atoms with Crippen molar-refractivity contribution in [3.8, 4) is 11.3 Å². The average molecular weight is 457 g/mol. The van der Waals surface area contributed by atoms with Crippen molar-refractivity contribution >= 4 is 41.5 Å². The zero-order chi connectivity index (χ0) is 23.3. The van der Waals surface area contributed by atoms with E-state index in [1.807, 2.05) is 12.1 Å². The first-order valence-electron chi connectivity index (χ1n) is 9.51. The number of imidazole rings is 1. The Morgan fingerprint density at radius 3 is 2.53 bits per heavy atom. The number of nitrogens with zero attached hydrogens (tertiary/aromatic N) is 4. The molecule has 0 radical (unpaired) electrons. The highest BCUT2D eigenvalue weighted by atomic mass is 35.5. The van der Waals surface area contributed by atoms with Crippen LogP contribution in [0.5, 0.6) is 0 Å². The molecular formula is C21H21ClN6O4. The maximum Gasteiger partial charge on any atom is 0.271 e. The van der Waals surface area contributed by atoms with E-state index in [9.17, 15) is 19.5 Å². The first-order chi connectivity index (χ1) is 15.4. The minimum atomic E-state index is -0.559. The van der Waals surface area contributed by atoms with Crippen molar-refractivity contribution in [3.63, 3.8) is 0 Å². The summed E-state index contributed by atoms with van der Waals surface area (Å²) < 4.78 is 1.26. The first-order valence-corrected chi connectivity index (χ1v) is 9.89. The van der Waals surface area contributed by atoms with Gasteiger partial charge in [-0.2, -0.15) is 0 Å². The van der Waals surface area contributed by atoms with Crippen LogP contribution in [0.1, 0.15) is 16.3 Å². The Labute approximate surface area is 188 Å². The topological polar surface area (TPSA) is 129 Å². The van der Waals surface area contributed by atoms with Crippen LogP contribution in [-0.4, -0.2) is 52.0 Å². The smallest absolute Gasteiger partial charge is 0.271 e. The third kappa shape index (κ3) is 4.93. The predicted molar refractivity (Wildman–Crippen MR) is 119 cm³/mol. The summed E-state index contributed by atoms with van der Waals surface area (Å²) in [5.74, 6) is -0.663. The van der Waals surface area contributed by atoms with Gasteiger partial charge in [-0.15, -0.1) is 0 Å². The molecule has 0 spiro atoms. The third-order valence-corrected chi connectivity index (χ3v) is 4.81. The lowest BCUT2D eigenvalue weighted by Crippen LogP contribution is -2.29. The van der Waals surface area contributed by atoms with Crippen LogP contribution in [0.15, 0.2) is 42.5 Å². The Morgan fingerprint density at radius 2 is 1.91 bits per heavy atom. The number of aromatic nitrogens is 3. The van der Waals surface area contributed by atoms with Crippen molar-refractivity contribution in [1.29, 1.82) is 0 Å². The van der Waals surface area contributed by atoms with Gasteiger partial charge in [-0.1, -0.05) is 29.8 Å². The fourth-order valence-electron chi connectivity index (χ4n) is 3.03. The highest BCUT2D eigenvalue weighted by Gasteiger charge is 2.25. The van der Waals surface area contributed by atoms with E-state index in [-0.39, 0.29) is 23.9 Å². The molecule has 1 aromatic carbocycles. The van der Waals surface area contributed by atoms with E-state index in [0.29, 0.717) is 22.9 Å². The summed E-state index contributed by atoms with van der Waals surface area (Å²) in [5, 5.41) is 15.4. The molecule has 11 heteroatoms. The molecule has 2 heterocycles. The molecular weight excluding hydrogens is 436 g/mol. The monoisotopic (exact) mass is 456 g/mol. The van der Waals surface area contributed by atoms with E-state index in [4.69, 9.17) is 11.6 Å². The molecule has 3 N–H and O–H groups in total. The number of aliphatic hydroxyl groups excluding tert-OH is 1. The second kappa shape index (κ2) is 10.0. The van der Waals surface area contributed by atoms with E-state index in [0.717, 1.165) is 10.5 Å².